The fraction of sp³-hybridized carbons (Fsp3) is 0.125. The first-order chi connectivity index (χ1) is 11.5. The van der Waals surface area contributed by atoms with Crippen molar-refractivity contribution in [1.82, 2.24) is 20.2 Å². The van der Waals surface area contributed by atoms with Crippen molar-refractivity contribution in [2.24, 2.45) is 0 Å². The molecule has 1 N–H and O–H groups in total. The Labute approximate surface area is 152 Å². The summed E-state index contributed by atoms with van der Waals surface area (Å²) in [6, 6.07) is 13.9. The number of carbonyl (C=O) groups excluding carboxylic acids is 1. The topological polar surface area (TPSA) is 72.7 Å². The zero-order chi connectivity index (χ0) is 17.1. The third kappa shape index (κ3) is 3.80. The fourth-order valence-corrected chi connectivity index (χ4v) is 2.55. The first-order valence-electron chi connectivity index (χ1n) is 7.15. The summed E-state index contributed by atoms with van der Waals surface area (Å²) in [5.41, 5.74) is 1.48. The molecule has 8 heteroatoms. The lowest BCUT2D eigenvalue weighted by atomic mass is 10.2. The molecule has 1 atom stereocenters. The Morgan fingerprint density at radius 1 is 1.25 bits per heavy atom. The summed E-state index contributed by atoms with van der Waals surface area (Å²) in [4.78, 5) is 13.6. The maximum atomic E-state index is 12.3. The van der Waals surface area contributed by atoms with Gasteiger partial charge in [0.15, 0.2) is 0 Å². The van der Waals surface area contributed by atoms with Gasteiger partial charge in [0, 0.05) is 20.7 Å². The van der Waals surface area contributed by atoms with E-state index in [0.29, 0.717) is 16.5 Å². The molecule has 0 saturated heterocycles. The lowest BCUT2D eigenvalue weighted by Gasteiger charge is -2.10. The summed E-state index contributed by atoms with van der Waals surface area (Å²) in [5, 5.41) is 15.7. The molecule has 0 aliphatic carbocycles. The van der Waals surface area contributed by atoms with Gasteiger partial charge in [-0.05, 0) is 54.6 Å². The SMILES string of the molecule is CC(C(=O)Nc1cccc(Br)c1)n1nnc(-c2ccc(Cl)cc2)n1. The van der Waals surface area contributed by atoms with Gasteiger partial charge in [0.1, 0.15) is 6.04 Å². The Kier molecular flexibility index (Phi) is 4.92. The number of aromatic nitrogens is 4. The molecule has 0 spiro atoms. The molecule has 0 aliphatic rings. The maximum Gasteiger partial charge on any atom is 0.250 e. The second kappa shape index (κ2) is 7.11. The van der Waals surface area contributed by atoms with Gasteiger partial charge in [0.05, 0.1) is 0 Å². The molecule has 3 aromatic rings. The Morgan fingerprint density at radius 3 is 2.71 bits per heavy atom. The number of anilines is 1. The van der Waals surface area contributed by atoms with Crippen molar-refractivity contribution in [3.63, 3.8) is 0 Å². The predicted molar refractivity (Wildman–Crippen MR) is 95.7 cm³/mol. The molecular formula is C16H13BrClN5O. The molecule has 1 heterocycles. The molecule has 0 radical (unpaired) electrons. The van der Waals surface area contributed by atoms with Crippen LogP contribution in [0.15, 0.2) is 53.0 Å². The Balaban J connectivity index is 1.74. The summed E-state index contributed by atoms with van der Waals surface area (Å²) in [7, 11) is 0. The molecule has 3 rings (SSSR count). The van der Waals surface area contributed by atoms with Crippen molar-refractivity contribution in [2.75, 3.05) is 5.32 Å². The summed E-state index contributed by atoms with van der Waals surface area (Å²) in [6.45, 7) is 1.71. The number of rotatable bonds is 4. The highest BCUT2D eigenvalue weighted by Gasteiger charge is 2.19. The third-order valence-corrected chi connectivity index (χ3v) is 4.09. The van der Waals surface area contributed by atoms with Gasteiger partial charge in [-0.15, -0.1) is 10.2 Å². The molecule has 0 saturated carbocycles. The molecule has 6 nitrogen and oxygen atoms in total. The van der Waals surface area contributed by atoms with Crippen LogP contribution in [0.4, 0.5) is 5.69 Å². The number of tetrazole rings is 1. The van der Waals surface area contributed by atoms with Gasteiger partial charge in [-0.2, -0.15) is 4.80 Å². The van der Waals surface area contributed by atoms with Crippen molar-refractivity contribution < 1.29 is 4.79 Å². The van der Waals surface area contributed by atoms with Gasteiger partial charge < -0.3 is 5.32 Å². The van der Waals surface area contributed by atoms with E-state index in [0.717, 1.165) is 10.0 Å². The Morgan fingerprint density at radius 2 is 2.00 bits per heavy atom. The number of carbonyl (C=O) groups is 1. The van der Waals surface area contributed by atoms with Crippen LogP contribution in [0.2, 0.25) is 5.02 Å². The molecule has 2 aromatic carbocycles. The van der Waals surface area contributed by atoms with Gasteiger partial charge >= 0.3 is 0 Å². The molecule has 1 aromatic heterocycles. The van der Waals surface area contributed by atoms with Gasteiger partial charge in [0.25, 0.3) is 5.91 Å². The average molecular weight is 407 g/mol. The molecule has 0 bridgehead atoms. The summed E-state index contributed by atoms with van der Waals surface area (Å²) >= 11 is 9.23. The lowest BCUT2D eigenvalue weighted by molar-refractivity contribution is -0.119. The van der Waals surface area contributed by atoms with E-state index in [1.165, 1.54) is 4.80 Å². The molecular weight excluding hydrogens is 394 g/mol. The highest BCUT2D eigenvalue weighted by molar-refractivity contribution is 9.10. The number of benzene rings is 2. The Hall–Kier alpha value is -2.25. The van der Waals surface area contributed by atoms with Gasteiger partial charge in [-0.1, -0.05) is 33.6 Å². The van der Waals surface area contributed by atoms with Crippen LogP contribution in [0, 0.1) is 0 Å². The molecule has 122 valence electrons. The van der Waals surface area contributed by atoms with Crippen LogP contribution >= 0.6 is 27.5 Å². The van der Waals surface area contributed by atoms with Crippen LogP contribution < -0.4 is 5.32 Å². The van der Waals surface area contributed by atoms with E-state index in [-0.39, 0.29) is 5.91 Å². The highest BCUT2D eigenvalue weighted by atomic mass is 79.9. The van der Waals surface area contributed by atoms with Crippen LogP contribution in [0.5, 0.6) is 0 Å². The van der Waals surface area contributed by atoms with Crippen LogP contribution in [0.1, 0.15) is 13.0 Å². The van der Waals surface area contributed by atoms with E-state index in [1.807, 2.05) is 24.3 Å². The van der Waals surface area contributed by atoms with Crippen LogP contribution in [-0.2, 0) is 4.79 Å². The normalized spacial score (nSPS) is 12.0. The number of hydrogen-bond donors (Lipinski definition) is 1. The quantitative estimate of drug-likeness (QED) is 0.712. The van der Waals surface area contributed by atoms with E-state index < -0.39 is 6.04 Å². The van der Waals surface area contributed by atoms with Crippen molar-refractivity contribution in [2.45, 2.75) is 13.0 Å². The summed E-state index contributed by atoms with van der Waals surface area (Å²) in [5.74, 6) is 0.210. The van der Waals surface area contributed by atoms with Crippen LogP contribution in [0.3, 0.4) is 0 Å². The zero-order valence-electron chi connectivity index (χ0n) is 12.6. The first-order valence-corrected chi connectivity index (χ1v) is 8.32. The number of amides is 1. The number of nitrogens with zero attached hydrogens (tertiary/aromatic N) is 4. The lowest BCUT2D eigenvalue weighted by Crippen LogP contribution is -2.25. The summed E-state index contributed by atoms with van der Waals surface area (Å²) < 4.78 is 0.886. The van der Waals surface area contributed by atoms with Gasteiger partial charge in [-0.25, -0.2) is 0 Å². The Bertz CT molecular complexity index is 865. The van der Waals surface area contributed by atoms with Crippen molar-refractivity contribution >= 4 is 39.1 Å². The molecule has 0 fully saturated rings. The minimum atomic E-state index is -0.600. The standard InChI is InChI=1S/C16H13BrClN5O/c1-10(16(24)19-14-4-2-3-12(17)9-14)23-21-15(20-22-23)11-5-7-13(18)8-6-11/h2-10H,1H3,(H,19,24). The minimum absolute atomic E-state index is 0.229. The van der Waals surface area contributed by atoms with E-state index in [2.05, 4.69) is 36.7 Å². The molecule has 0 aliphatic heterocycles. The third-order valence-electron chi connectivity index (χ3n) is 3.35. The number of nitrogens with one attached hydrogen (secondary N) is 1. The average Bonchev–Trinajstić information content (AvgIpc) is 3.04. The fourth-order valence-electron chi connectivity index (χ4n) is 2.02. The van der Waals surface area contributed by atoms with E-state index in [9.17, 15) is 4.79 Å². The van der Waals surface area contributed by atoms with Crippen LogP contribution in [-0.4, -0.2) is 26.1 Å². The number of hydrogen-bond acceptors (Lipinski definition) is 4. The van der Waals surface area contributed by atoms with Gasteiger partial charge in [-0.3, -0.25) is 4.79 Å². The predicted octanol–water partition coefficient (Wildman–Crippen LogP) is 3.96. The molecule has 1 amide bonds. The highest BCUT2D eigenvalue weighted by Crippen LogP contribution is 2.19. The molecule has 1 unspecified atom stereocenters. The first kappa shape index (κ1) is 16.6. The second-order valence-corrected chi connectivity index (χ2v) is 6.47. The summed E-state index contributed by atoms with van der Waals surface area (Å²) in [6.07, 6.45) is 0. The van der Waals surface area contributed by atoms with Crippen molar-refractivity contribution in [3.8, 4) is 11.4 Å². The minimum Gasteiger partial charge on any atom is -0.324 e. The smallest absolute Gasteiger partial charge is 0.250 e. The second-order valence-electron chi connectivity index (χ2n) is 5.12. The molecule has 24 heavy (non-hydrogen) atoms. The van der Waals surface area contributed by atoms with E-state index in [4.69, 9.17) is 11.6 Å². The number of halogens is 2. The van der Waals surface area contributed by atoms with E-state index >= 15 is 0 Å². The van der Waals surface area contributed by atoms with Gasteiger partial charge in [0.2, 0.25) is 5.82 Å². The van der Waals surface area contributed by atoms with Crippen molar-refractivity contribution in [1.29, 1.82) is 0 Å². The monoisotopic (exact) mass is 405 g/mol. The maximum absolute atomic E-state index is 12.3. The largest absolute Gasteiger partial charge is 0.324 e. The zero-order valence-corrected chi connectivity index (χ0v) is 15.0. The van der Waals surface area contributed by atoms with E-state index in [1.54, 1.807) is 31.2 Å². The van der Waals surface area contributed by atoms with Crippen LogP contribution in [0.25, 0.3) is 11.4 Å². The van der Waals surface area contributed by atoms with Crippen molar-refractivity contribution in [3.05, 3.63) is 58.0 Å².